The Hall–Kier alpha value is -0.730. The number of hydrogen-bond acceptors (Lipinski definition) is 3. The lowest BCUT2D eigenvalue weighted by atomic mass is 9.98. The first-order chi connectivity index (χ1) is 10.9. The minimum absolute atomic E-state index is 0. The predicted molar refractivity (Wildman–Crippen MR) is 108 cm³/mol. The fourth-order valence-electron chi connectivity index (χ4n) is 2.67. The highest BCUT2D eigenvalue weighted by molar-refractivity contribution is 14.0. The highest BCUT2D eigenvalue weighted by Gasteiger charge is 2.28. The van der Waals surface area contributed by atoms with Crippen LogP contribution in [0, 0.1) is 5.92 Å². The van der Waals surface area contributed by atoms with Crippen molar-refractivity contribution in [2.24, 2.45) is 10.9 Å². The van der Waals surface area contributed by atoms with Crippen LogP contribution in [0.5, 0.6) is 0 Å². The summed E-state index contributed by atoms with van der Waals surface area (Å²) in [6.07, 6.45) is 4.41. The number of amides is 1. The second kappa shape index (κ2) is 9.68. The van der Waals surface area contributed by atoms with E-state index in [4.69, 9.17) is 9.73 Å². The van der Waals surface area contributed by atoms with Gasteiger partial charge in [0.2, 0.25) is 0 Å². The first-order valence-electron chi connectivity index (χ1n) is 8.90. The molecule has 1 aliphatic carbocycles. The number of guanidine groups is 1. The molecule has 1 heterocycles. The first kappa shape index (κ1) is 21.3. The lowest BCUT2D eigenvalue weighted by Gasteiger charge is -2.33. The number of nitrogens with zero attached hydrogens (tertiary/aromatic N) is 2. The third kappa shape index (κ3) is 7.90. The van der Waals surface area contributed by atoms with Gasteiger partial charge in [-0.1, -0.05) is 0 Å². The number of likely N-dealkylation sites (tertiary alicyclic amines) is 1. The minimum Gasteiger partial charge on any atom is -0.444 e. The number of hydrogen-bond donors (Lipinski definition) is 2. The van der Waals surface area contributed by atoms with Gasteiger partial charge in [-0.25, -0.2) is 4.79 Å². The highest BCUT2D eigenvalue weighted by atomic mass is 127. The molecule has 7 heteroatoms. The molecule has 1 saturated carbocycles. The van der Waals surface area contributed by atoms with Crippen LogP contribution >= 0.6 is 24.0 Å². The molecule has 0 aromatic heterocycles. The summed E-state index contributed by atoms with van der Waals surface area (Å²) in [5, 5.41) is 6.72. The van der Waals surface area contributed by atoms with Crippen LogP contribution in [-0.2, 0) is 4.74 Å². The van der Waals surface area contributed by atoms with Crippen LogP contribution in [0.1, 0.15) is 53.4 Å². The summed E-state index contributed by atoms with van der Waals surface area (Å²) >= 11 is 0. The largest absolute Gasteiger partial charge is 0.444 e. The summed E-state index contributed by atoms with van der Waals surface area (Å²) < 4.78 is 5.48. The Labute approximate surface area is 163 Å². The number of halogens is 1. The second-order valence-electron chi connectivity index (χ2n) is 7.57. The summed E-state index contributed by atoms with van der Waals surface area (Å²) in [6.45, 7) is 10.9. The third-order valence-corrected chi connectivity index (χ3v) is 3.94. The van der Waals surface area contributed by atoms with Gasteiger partial charge in [0.1, 0.15) is 5.60 Å². The zero-order valence-electron chi connectivity index (χ0n) is 15.4. The van der Waals surface area contributed by atoms with Gasteiger partial charge in [-0.05, 0) is 59.3 Å². The summed E-state index contributed by atoms with van der Waals surface area (Å²) in [7, 11) is 0. The average molecular weight is 452 g/mol. The zero-order chi connectivity index (χ0) is 16.9. The Kier molecular flexibility index (Phi) is 8.59. The van der Waals surface area contributed by atoms with Gasteiger partial charge < -0.3 is 20.3 Å². The summed E-state index contributed by atoms with van der Waals surface area (Å²) in [4.78, 5) is 18.7. The van der Waals surface area contributed by atoms with Gasteiger partial charge in [0.15, 0.2) is 5.96 Å². The Balaban J connectivity index is 0.00000288. The Morgan fingerprint density at radius 1 is 1.29 bits per heavy atom. The molecule has 2 fully saturated rings. The molecule has 24 heavy (non-hydrogen) atoms. The Morgan fingerprint density at radius 3 is 2.58 bits per heavy atom. The molecule has 0 bridgehead atoms. The number of piperidine rings is 1. The molecular formula is C17H33IN4O2. The van der Waals surface area contributed by atoms with Gasteiger partial charge in [0.25, 0.3) is 0 Å². The summed E-state index contributed by atoms with van der Waals surface area (Å²) in [6, 6.07) is 0.595. The maximum atomic E-state index is 12.2. The van der Waals surface area contributed by atoms with E-state index in [9.17, 15) is 4.79 Å². The van der Waals surface area contributed by atoms with Crippen LogP contribution in [0.3, 0.4) is 0 Å². The van der Waals surface area contributed by atoms with E-state index in [1.54, 1.807) is 0 Å². The molecule has 1 saturated heterocycles. The van der Waals surface area contributed by atoms with Crippen LogP contribution in [-0.4, -0.2) is 54.8 Å². The highest BCUT2D eigenvalue weighted by Crippen LogP contribution is 2.20. The molecular weight excluding hydrogens is 419 g/mol. The maximum absolute atomic E-state index is 12.2. The molecule has 1 atom stereocenters. The lowest BCUT2D eigenvalue weighted by molar-refractivity contribution is 0.0170. The number of ether oxygens (including phenoxy) is 1. The van der Waals surface area contributed by atoms with Crippen molar-refractivity contribution in [3.05, 3.63) is 0 Å². The quantitative estimate of drug-likeness (QED) is 0.391. The van der Waals surface area contributed by atoms with Gasteiger partial charge in [-0.3, -0.25) is 4.99 Å². The number of nitrogens with one attached hydrogen (secondary N) is 2. The zero-order valence-corrected chi connectivity index (χ0v) is 17.8. The van der Waals surface area contributed by atoms with Crippen LogP contribution in [0.4, 0.5) is 4.79 Å². The van der Waals surface area contributed by atoms with E-state index in [0.717, 1.165) is 45.0 Å². The van der Waals surface area contributed by atoms with E-state index >= 15 is 0 Å². The van der Waals surface area contributed by atoms with Crippen molar-refractivity contribution in [1.82, 2.24) is 15.5 Å². The molecule has 2 N–H and O–H groups in total. The van der Waals surface area contributed by atoms with E-state index < -0.39 is 5.60 Å². The number of carbonyl (C=O) groups is 1. The van der Waals surface area contributed by atoms with E-state index in [0.29, 0.717) is 12.0 Å². The smallest absolute Gasteiger partial charge is 0.410 e. The summed E-state index contributed by atoms with van der Waals surface area (Å²) in [5.41, 5.74) is -0.436. The van der Waals surface area contributed by atoms with Crippen LogP contribution < -0.4 is 10.6 Å². The number of rotatable bonds is 4. The molecule has 0 aromatic rings. The van der Waals surface area contributed by atoms with Gasteiger partial charge >= 0.3 is 6.09 Å². The molecule has 2 aliphatic rings. The van der Waals surface area contributed by atoms with E-state index in [2.05, 4.69) is 17.6 Å². The SMILES string of the molecule is CCNC(=NCC1CCCN(C(=O)OC(C)(C)C)C1)NC1CC1.I. The Bertz CT molecular complexity index is 433. The van der Waals surface area contributed by atoms with Crippen molar-refractivity contribution in [1.29, 1.82) is 0 Å². The second-order valence-corrected chi connectivity index (χ2v) is 7.57. The number of carbonyl (C=O) groups excluding carboxylic acids is 1. The number of aliphatic imine (C=N–C) groups is 1. The van der Waals surface area contributed by atoms with Gasteiger partial charge in [0, 0.05) is 32.2 Å². The van der Waals surface area contributed by atoms with Gasteiger partial charge in [-0.2, -0.15) is 0 Å². The minimum atomic E-state index is -0.436. The molecule has 140 valence electrons. The molecule has 1 unspecified atom stereocenters. The van der Waals surface area contributed by atoms with Crippen LogP contribution in [0.2, 0.25) is 0 Å². The normalized spacial score (nSPS) is 21.8. The van der Waals surface area contributed by atoms with Gasteiger partial charge in [0.05, 0.1) is 0 Å². The van der Waals surface area contributed by atoms with E-state index in [-0.39, 0.29) is 30.1 Å². The Morgan fingerprint density at radius 2 is 2.00 bits per heavy atom. The van der Waals surface area contributed by atoms with Crippen molar-refractivity contribution in [3.8, 4) is 0 Å². The molecule has 0 spiro atoms. The van der Waals surface area contributed by atoms with Crippen molar-refractivity contribution >= 4 is 36.0 Å². The average Bonchev–Trinajstić information content (AvgIpc) is 3.27. The fourth-order valence-corrected chi connectivity index (χ4v) is 2.67. The molecule has 1 amide bonds. The summed E-state index contributed by atoms with van der Waals surface area (Å²) in [5.74, 6) is 1.32. The topological polar surface area (TPSA) is 66.0 Å². The van der Waals surface area contributed by atoms with Crippen LogP contribution in [0.15, 0.2) is 4.99 Å². The molecule has 1 aliphatic heterocycles. The van der Waals surface area contributed by atoms with E-state index in [1.165, 1.54) is 12.8 Å². The van der Waals surface area contributed by atoms with E-state index in [1.807, 2.05) is 25.7 Å². The van der Waals surface area contributed by atoms with Crippen molar-refractivity contribution in [2.75, 3.05) is 26.2 Å². The van der Waals surface area contributed by atoms with Gasteiger partial charge in [-0.15, -0.1) is 24.0 Å². The maximum Gasteiger partial charge on any atom is 0.410 e. The van der Waals surface area contributed by atoms with Crippen molar-refractivity contribution in [2.45, 2.75) is 65.0 Å². The van der Waals surface area contributed by atoms with Crippen LogP contribution in [0.25, 0.3) is 0 Å². The van der Waals surface area contributed by atoms with Crippen molar-refractivity contribution in [3.63, 3.8) is 0 Å². The van der Waals surface area contributed by atoms with Crippen molar-refractivity contribution < 1.29 is 9.53 Å². The molecule has 6 nitrogen and oxygen atoms in total. The standard InChI is InChI=1S/C17H32N4O2.HI/c1-5-18-15(20-14-8-9-14)19-11-13-7-6-10-21(12-13)16(22)23-17(2,3)4;/h13-14H,5-12H2,1-4H3,(H2,18,19,20);1H. The lowest BCUT2D eigenvalue weighted by Crippen LogP contribution is -2.44. The molecule has 2 rings (SSSR count). The fraction of sp³-hybridized carbons (Fsp3) is 0.882. The molecule has 0 aromatic carbocycles. The third-order valence-electron chi connectivity index (χ3n) is 3.94. The predicted octanol–water partition coefficient (Wildman–Crippen LogP) is 2.97. The monoisotopic (exact) mass is 452 g/mol. The molecule has 0 radical (unpaired) electrons. The first-order valence-corrected chi connectivity index (χ1v) is 8.90.